The second-order valence-corrected chi connectivity index (χ2v) is 4.23. The number of carbonyl (C=O) groups is 1. The highest BCUT2D eigenvalue weighted by Crippen LogP contribution is 2.40. The van der Waals surface area contributed by atoms with Gasteiger partial charge in [-0.05, 0) is 12.1 Å². The first-order valence-electron chi connectivity index (χ1n) is 6.56. The van der Waals surface area contributed by atoms with Gasteiger partial charge in [-0.2, -0.15) is 0 Å². The van der Waals surface area contributed by atoms with Gasteiger partial charge in [0.2, 0.25) is 17.5 Å². The zero-order valence-electron chi connectivity index (χ0n) is 12.8. The first-order valence-corrected chi connectivity index (χ1v) is 6.56. The second-order valence-electron chi connectivity index (χ2n) is 4.23. The van der Waals surface area contributed by atoms with Gasteiger partial charge < -0.3 is 18.6 Å². The van der Waals surface area contributed by atoms with E-state index in [0.717, 1.165) is 0 Å². The molecule has 0 aliphatic rings. The van der Waals surface area contributed by atoms with Crippen molar-refractivity contribution in [1.82, 2.24) is 10.2 Å². The number of hydrogen-bond acceptors (Lipinski definition) is 7. The third-order valence-electron chi connectivity index (χ3n) is 2.90. The molecular weight excluding hydrogens is 290 g/mol. The fraction of sp³-hybridized carbons (Fsp3) is 0.357. The van der Waals surface area contributed by atoms with Gasteiger partial charge in [0.1, 0.15) is 0 Å². The van der Waals surface area contributed by atoms with E-state index in [1.54, 1.807) is 19.1 Å². The predicted molar refractivity (Wildman–Crippen MR) is 78.3 cm³/mol. The zero-order chi connectivity index (χ0) is 16.1. The van der Waals surface area contributed by atoms with E-state index in [4.69, 9.17) is 18.6 Å². The molecule has 1 aromatic heterocycles. The van der Waals surface area contributed by atoms with E-state index < -0.39 is 0 Å². The van der Waals surface area contributed by atoms with E-state index in [1.165, 1.54) is 21.3 Å². The molecule has 1 heterocycles. The van der Waals surface area contributed by atoms with E-state index >= 15 is 0 Å². The smallest absolute Gasteiger partial charge is 0.322 e. The van der Waals surface area contributed by atoms with Gasteiger partial charge in [0.05, 0.1) is 21.3 Å². The number of nitrogens with one attached hydrogen (secondary N) is 1. The number of ether oxygens (including phenoxy) is 3. The standard InChI is InChI=1S/C14H17N3O5/c1-5-11(18)15-14-17-16-13(22-14)8-6-9(19-2)12(21-4)10(7-8)20-3/h6-7H,5H2,1-4H3,(H,15,17,18). The van der Waals surface area contributed by atoms with Gasteiger partial charge >= 0.3 is 6.01 Å². The first kappa shape index (κ1) is 15.6. The maximum Gasteiger partial charge on any atom is 0.322 e. The minimum atomic E-state index is -0.208. The first-order chi connectivity index (χ1) is 10.6. The largest absolute Gasteiger partial charge is 0.493 e. The molecule has 0 spiro atoms. The Bertz CT molecular complexity index is 643. The van der Waals surface area contributed by atoms with Crippen LogP contribution < -0.4 is 19.5 Å². The summed E-state index contributed by atoms with van der Waals surface area (Å²) < 4.78 is 21.2. The van der Waals surface area contributed by atoms with E-state index in [0.29, 0.717) is 29.2 Å². The number of anilines is 1. The van der Waals surface area contributed by atoms with Crippen LogP contribution in [0.15, 0.2) is 16.5 Å². The number of rotatable bonds is 6. The summed E-state index contributed by atoms with van der Waals surface area (Å²) in [5, 5.41) is 10.2. The van der Waals surface area contributed by atoms with Crippen LogP contribution in [-0.4, -0.2) is 37.4 Å². The molecule has 8 heteroatoms. The summed E-state index contributed by atoms with van der Waals surface area (Å²) in [7, 11) is 4.55. The van der Waals surface area contributed by atoms with Gasteiger partial charge in [-0.3, -0.25) is 10.1 Å². The summed E-state index contributed by atoms with van der Waals surface area (Å²) in [4.78, 5) is 11.3. The second kappa shape index (κ2) is 6.79. The average molecular weight is 307 g/mol. The molecule has 1 aromatic carbocycles. The highest BCUT2D eigenvalue weighted by atomic mass is 16.5. The molecule has 0 atom stereocenters. The van der Waals surface area contributed by atoms with Gasteiger partial charge in [-0.15, -0.1) is 5.10 Å². The molecule has 0 saturated heterocycles. The van der Waals surface area contributed by atoms with E-state index in [1.807, 2.05) is 0 Å². The molecule has 0 bridgehead atoms. The zero-order valence-corrected chi connectivity index (χ0v) is 12.8. The average Bonchev–Trinajstić information content (AvgIpc) is 3.01. The molecule has 0 saturated carbocycles. The fourth-order valence-electron chi connectivity index (χ4n) is 1.80. The lowest BCUT2D eigenvalue weighted by Gasteiger charge is -2.12. The molecule has 0 unspecified atom stereocenters. The Labute approximate surface area is 127 Å². The SMILES string of the molecule is CCC(=O)Nc1nnc(-c2cc(OC)c(OC)c(OC)c2)o1. The molecule has 1 amide bonds. The van der Waals surface area contributed by atoms with Crippen LogP contribution in [0.5, 0.6) is 17.2 Å². The van der Waals surface area contributed by atoms with Crippen LogP contribution in [0, 0.1) is 0 Å². The highest BCUT2D eigenvalue weighted by Gasteiger charge is 2.17. The van der Waals surface area contributed by atoms with Crippen LogP contribution in [0.2, 0.25) is 0 Å². The summed E-state index contributed by atoms with van der Waals surface area (Å²) >= 11 is 0. The molecule has 2 rings (SSSR count). The van der Waals surface area contributed by atoms with Crippen molar-refractivity contribution in [3.05, 3.63) is 12.1 Å². The molecule has 22 heavy (non-hydrogen) atoms. The number of methoxy groups -OCH3 is 3. The summed E-state index contributed by atoms with van der Waals surface area (Å²) in [6, 6.07) is 3.40. The Morgan fingerprint density at radius 1 is 1.14 bits per heavy atom. The van der Waals surface area contributed by atoms with Gasteiger partial charge in [0, 0.05) is 12.0 Å². The van der Waals surface area contributed by atoms with Gasteiger partial charge in [0.15, 0.2) is 11.5 Å². The molecule has 0 aliphatic carbocycles. The number of benzene rings is 1. The molecule has 118 valence electrons. The number of aromatic nitrogens is 2. The van der Waals surface area contributed by atoms with Crippen LogP contribution in [-0.2, 0) is 4.79 Å². The summed E-state index contributed by atoms with van der Waals surface area (Å²) in [6.07, 6.45) is 0.321. The predicted octanol–water partition coefficient (Wildman–Crippen LogP) is 2.11. The van der Waals surface area contributed by atoms with Gasteiger partial charge in [0.25, 0.3) is 0 Å². The third-order valence-corrected chi connectivity index (χ3v) is 2.90. The van der Waals surface area contributed by atoms with Crippen molar-refractivity contribution in [3.8, 4) is 28.7 Å². The van der Waals surface area contributed by atoms with Crippen LogP contribution in [0.25, 0.3) is 11.5 Å². The highest BCUT2D eigenvalue weighted by molar-refractivity contribution is 5.88. The Kier molecular flexibility index (Phi) is 4.82. The van der Waals surface area contributed by atoms with Crippen molar-refractivity contribution in [2.45, 2.75) is 13.3 Å². The molecular formula is C14H17N3O5. The normalized spacial score (nSPS) is 10.2. The molecule has 1 N–H and O–H groups in total. The topological polar surface area (TPSA) is 95.7 Å². The molecule has 0 aliphatic heterocycles. The third kappa shape index (κ3) is 3.11. The van der Waals surface area contributed by atoms with Crippen LogP contribution >= 0.6 is 0 Å². The van der Waals surface area contributed by atoms with E-state index in [-0.39, 0.29) is 17.8 Å². The van der Waals surface area contributed by atoms with Crippen molar-refractivity contribution in [2.24, 2.45) is 0 Å². The summed E-state index contributed by atoms with van der Waals surface area (Å²) in [5.41, 5.74) is 0.582. The Morgan fingerprint density at radius 3 is 2.27 bits per heavy atom. The fourth-order valence-corrected chi connectivity index (χ4v) is 1.80. The van der Waals surface area contributed by atoms with Crippen molar-refractivity contribution in [1.29, 1.82) is 0 Å². The quantitative estimate of drug-likeness (QED) is 0.873. The lowest BCUT2D eigenvalue weighted by Crippen LogP contribution is -2.09. The molecule has 8 nitrogen and oxygen atoms in total. The Morgan fingerprint density at radius 2 is 1.77 bits per heavy atom. The van der Waals surface area contributed by atoms with Crippen LogP contribution in [0.3, 0.4) is 0 Å². The monoisotopic (exact) mass is 307 g/mol. The van der Waals surface area contributed by atoms with Crippen molar-refractivity contribution >= 4 is 11.9 Å². The van der Waals surface area contributed by atoms with Crippen molar-refractivity contribution in [2.75, 3.05) is 26.6 Å². The summed E-state index contributed by atoms with van der Waals surface area (Å²) in [6.45, 7) is 1.73. The van der Waals surface area contributed by atoms with Crippen molar-refractivity contribution in [3.63, 3.8) is 0 Å². The van der Waals surface area contributed by atoms with Crippen molar-refractivity contribution < 1.29 is 23.4 Å². The molecule has 2 aromatic rings. The van der Waals surface area contributed by atoms with Crippen LogP contribution in [0.1, 0.15) is 13.3 Å². The van der Waals surface area contributed by atoms with Gasteiger partial charge in [-0.25, -0.2) is 0 Å². The minimum Gasteiger partial charge on any atom is -0.493 e. The lowest BCUT2D eigenvalue weighted by molar-refractivity contribution is -0.116. The number of amides is 1. The Hall–Kier alpha value is -2.77. The number of hydrogen-bond donors (Lipinski definition) is 1. The van der Waals surface area contributed by atoms with Crippen LogP contribution in [0.4, 0.5) is 6.01 Å². The maximum absolute atomic E-state index is 11.3. The Balaban J connectivity index is 2.38. The number of carbonyl (C=O) groups excluding carboxylic acids is 1. The lowest BCUT2D eigenvalue weighted by atomic mass is 10.2. The maximum atomic E-state index is 11.3. The minimum absolute atomic E-state index is 0.0376. The van der Waals surface area contributed by atoms with E-state index in [9.17, 15) is 4.79 Å². The number of nitrogens with zero attached hydrogens (tertiary/aromatic N) is 2. The molecule has 0 radical (unpaired) electrons. The van der Waals surface area contributed by atoms with E-state index in [2.05, 4.69) is 15.5 Å². The summed E-state index contributed by atoms with van der Waals surface area (Å²) in [5.74, 6) is 1.42. The van der Waals surface area contributed by atoms with Gasteiger partial charge in [-0.1, -0.05) is 12.0 Å². The molecule has 0 fully saturated rings.